The number of hydrogen-bond acceptors (Lipinski definition) is 7. The Morgan fingerprint density at radius 2 is 1.67 bits per heavy atom. The van der Waals surface area contributed by atoms with Crippen molar-refractivity contribution in [1.82, 2.24) is 15.1 Å². The summed E-state index contributed by atoms with van der Waals surface area (Å²) >= 11 is 0. The van der Waals surface area contributed by atoms with Gasteiger partial charge in [-0.25, -0.2) is 9.59 Å². The monoisotopic (exact) mass is 623 g/mol. The Morgan fingerprint density at radius 3 is 2.27 bits per heavy atom. The molecule has 45 heavy (non-hydrogen) atoms. The fourth-order valence-corrected chi connectivity index (χ4v) is 5.07. The number of likely N-dealkylation sites (N-methyl/N-ethyl adjacent to an activating group) is 2. The lowest BCUT2D eigenvalue weighted by molar-refractivity contribution is -0.141. The third-order valence-corrected chi connectivity index (χ3v) is 7.50. The lowest BCUT2D eigenvalue weighted by Gasteiger charge is -2.31. The number of nitrogens with one attached hydrogen (secondary N) is 1. The van der Waals surface area contributed by atoms with Crippen LogP contribution >= 0.6 is 0 Å². The minimum absolute atomic E-state index is 0.0291. The van der Waals surface area contributed by atoms with E-state index in [0.717, 1.165) is 17.7 Å². The van der Waals surface area contributed by atoms with E-state index in [1.54, 1.807) is 29.2 Å². The Hall–Kier alpha value is -4.61. The van der Waals surface area contributed by atoms with Crippen LogP contribution in [0.2, 0.25) is 0 Å². The number of hydrogen-bond donors (Lipinski definition) is 1. The molecular weight excluding hydrogens is 578 g/mol. The van der Waals surface area contributed by atoms with Gasteiger partial charge >= 0.3 is 12.2 Å². The van der Waals surface area contributed by atoms with Crippen molar-refractivity contribution in [2.24, 2.45) is 5.92 Å². The zero-order chi connectivity index (χ0) is 33.1. The first-order valence-corrected chi connectivity index (χ1v) is 15.3. The first-order valence-electron chi connectivity index (χ1n) is 15.3. The average molecular weight is 624 g/mol. The van der Waals surface area contributed by atoms with Crippen molar-refractivity contribution in [2.45, 2.75) is 59.3 Å². The van der Waals surface area contributed by atoms with Crippen LogP contribution in [-0.4, -0.2) is 92.1 Å². The number of anilines is 2. The predicted octanol–water partition coefficient (Wildman–Crippen LogP) is 4.03. The quantitative estimate of drug-likeness (QED) is 0.337. The highest BCUT2D eigenvalue weighted by Gasteiger charge is 2.35. The SMILES string of the molecule is CCCN(C(=O)CC)c1ccc(N2C[C@H](CNC(=O)[C@H](C(C)C)N(C)C(=O)CN(C)C(=O)OCc3ccccc3)OC2=O)cc1. The number of benzene rings is 2. The third kappa shape index (κ3) is 9.44. The number of rotatable bonds is 14. The Labute approximate surface area is 265 Å². The van der Waals surface area contributed by atoms with Crippen molar-refractivity contribution >= 4 is 41.3 Å². The van der Waals surface area contributed by atoms with Crippen LogP contribution in [0.15, 0.2) is 54.6 Å². The maximum Gasteiger partial charge on any atom is 0.414 e. The van der Waals surface area contributed by atoms with Gasteiger partial charge < -0.3 is 29.5 Å². The topological polar surface area (TPSA) is 129 Å². The Morgan fingerprint density at radius 1 is 1.00 bits per heavy atom. The van der Waals surface area contributed by atoms with Crippen LogP contribution < -0.4 is 15.1 Å². The molecule has 0 saturated carbocycles. The molecule has 244 valence electrons. The molecule has 1 saturated heterocycles. The van der Waals surface area contributed by atoms with Crippen molar-refractivity contribution in [3.63, 3.8) is 0 Å². The molecule has 0 spiro atoms. The van der Waals surface area contributed by atoms with Gasteiger partial charge in [-0.3, -0.25) is 19.3 Å². The molecule has 2 atom stereocenters. The van der Waals surface area contributed by atoms with Crippen molar-refractivity contribution in [3.05, 3.63) is 60.2 Å². The van der Waals surface area contributed by atoms with Gasteiger partial charge in [0.15, 0.2) is 0 Å². The van der Waals surface area contributed by atoms with Gasteiger partial charge in [0.1, 0.15) is 25.3 Å². The molecule has 1 fully saturated rings. The normalized spacial score (nSPS) is 14.9. The molecule has 0 bridgehead atoms. The molecule has 2 aromatic carbocycles. The van der Waals surface area contributed by atoms with Gasteiger partial charge in [0.25, 0.3) is 0 Å². The summed E-state index contributed by atoms with van der Waals surface area (Å²) in [6.45, 7) is 8.18. The summed E-state index contributed by atoms with van der Waals surface area (Å²) in [6.07, 6.45) is -0.565. The second-order valence-corrected chi connectivity index (χ2v) is 11.4. The van der Waals surface area contributed by atoms with E-state index >= 15 is 0 Å². The van der Waals surface area contributed by atoms with Gasteiger partial charge in [0, 0.05) is 38.4 Å². The highest BCUT2D eigenvalue weighted by molar-refractivity contribution is 5.94. The van der Waals surface area contributed by atoms with Crippen LogP contribution in [0, 0.1) is 5.92 Å². The molecule has 1 N–H and O–H groups in total. The average Bonchev–Trinajstić information content (AvgIpc) is 3.41. The largest absolute Gasteiger partial charge is 0.445 e. The number of ether oxygens (including phenoxy) is 2. The molecule has 0 aromatic heterocycles. The summed E-state index contributed by atoms with van der Waals surface area (Å²) in [5.41, 5.74) is 2.21. The summed E-state index contributed by atoms with van der Waals surface area (Å²) in [7, 11) is 2.98. The number of amides is 5. The Bertz CT molecular complexity index is 1320. The lowest BCUT2D eigenvalue weighted by atomic mass is 10.0. The van der Waals surface area contributed by atoms with E-state index in [9.17, 15) is 24.0 Å². The number of cyclic esters (lactones) is 1. The molecule has 0 unspecified atom stereocenters. The van der Waals surface area contributed by atoms with Crippen LogP contribution in [0.5, 0.6) is 0 Å². The van der Waals surface area contributed by atoms with Crippen LogP contribution in [0.3, 0.4) is 0 Å². The Kier molecular flexibility index (Phi) is 12.8. The maximum atomic E-state index is 13.2. The van der Waals surface area contributed by atoms with Crippen LogP contribution in [0.25, 0.3) is 0 Å². The van der Waals surface area contributed by atoms with E-state index in [-0.39, 0.29) is 38.1 Å². The van der Waals surface area contributed by atoms with E-state index < -0.39 is 36.1 Å². The van der Waals surface area contributed by atoms with Gasteiger partial charge in [-0.05, 0) is 42.2 Å². The van der Waals surface area contributed by atoms with E-state index in [0.29, 0.717) is 18.7 Å². The van der Waals surface area contributed by atoms with Crippen LogP contribution in [0.1, 0.15) is 46.1 Å². The van der Waals surface area contributed by atoms with E-state index in [1.165, 1.54) is 28.8 Å². The Balaban J connectivity index is 1.53. The molecule has 12 nitrogen and oxygen atoms in total. The summed E-state index contributed by atoms with van der Waals surface area (Å²) < 4.78 is 10.8. The molecule has 12 heteroatoms. The predicted molar refractivity (Wildman–Crippen MR) is 171 cm³/mol. The van der Waals surface area contributed by atoms with Gasteiger partial charge in [-0.2, -0.15) is 0 Å². The van der Waals surface area contributed by atoms with Gasteiger partial charge in [0.05, 0.1) is 13.1 Å². The summed E-state index contributed by atoms with van der Waals surface area (Å²) in [4.78, 5) is 69.4. The van der Waals surface area contributed by atoms with Gasteiger partial charge in [0.2, 0.25) is 17.7 Å². The van der Waals surface area contributed by atoms with Gasteiger partial charge in [-0.1, -0.05) is 58.0 Å². The standard InChI is InChI=1S/C33H45N5O7/c1-7-18-37(28(39)8-2)25-14-16-26(17-15-25)38-20-27(45-33(38)43)19-34-31(41)30(23(3)4)36(6)29(40)21-35(5)32(42)44-22-24-12-10-9-11-13-24/h9-17,23,27,30H,7-8,18-22H2,1-6H3,(H,34,41)/t27-,30-/m0/s1. The highest BCUT2D eigenvalue weighted by Crippen LogP contribution is 2.25. The summed E-state index contributed by atoms with van der Waals surface area (Å²) in [5.74, 6) is -1.03. The van der Waals surface area contributed by atoms with E-state index in [2.05, 4.69) is 5.32 Å². The van der Waals surface area contributed by atoms with E-state index in [1.807, 2.05) is 58.0 Å². The lowest BCUT2D eigenvalue weighted by Crippen LogP contribution is -2.53. The summed E-state index contributed by atoms with van der Waals surface area (Å²) in [6, 6.07) is 15.5. The molecule has 0 aliphatic carbocycles. The molecule has 1 heterocycles. The molecule has 1 aliphatic heterocycles. The number of nitrogens with zero attached hydrogens (tertiary/aromatic N) is 4. The smallest absolute Gasteiger partial charge is 0.414 e. The molecule has 5 amide bonds. The van der Waals surface area contributed by atoms with Crippen LogP contribution in [-0.2, 0) is 30.5 Å². The number of carbonyl (C=O) groups is 5. The second kappa shape index (κ2) is 16.5. The third-order valence-electron chi connectivity index (χ3n) is 7.50. The zero-order valence-electron chi connectivity index (χ0n) is 27.0. The fraction of sp³-hybridized carbons (Fsp3) is 0.485. The van der Waals surface area contributed by atoms with Crippen molar-refractivity contribution < 1.29 is 33.4 Å². The molecule has 3 rings (SSSR count). The highest BCUT2D eigenvalue weighted by atomic mass is 16.6. The fourth-order valence-electron chi connectivity index (χ4n) is 5.07. The van der Waals surface area contributed by atoms with Crippen molar-refractivity contribution in [3.8, 4) is 0 Å². The van der Waals surface area contributed by atoms with Crippen LogP contribution in [0.4, 0.5) is 21.0 Å². The first kappa shape index (κ1) is 34.9. The molecular formula is C33H45N5O7. The number of carbonyl (C=O) groups excluding carboxylic acids is 5. The van der Waals surface area contributed by atoms with E-state index in [4.69, 9.17) is 9.47 Å². The minimum atomic E-state index is -0.816. The molecule has 2 aromatic rings. The maximum absolute atomic E-state index is 13.2. The molecule has 0 radical (unpaired) electrons. The molecule has 1 aliphatic rings. The first-order chi connectivity index (χ1) is 21.5. The minimum Gasteiger partial charge on any atom is -0.445 e. The van der Waals surface area contributed by atoms with Crippen molar-refractivity contribution in [2.75, 3.05) is 50.1 Å². The summed E-state index contributed by atoms with van der Waals surface area (Å²) in [5, 5.41) is 2.82. The second-order valence-electron chi connectivity index (χ2n) is 11.4. The zero-order valence-corrected chi connectivity index (χ0v) is 27.0. The van der Waals surface area contributed by atoms with Gasteiger partial charge in [-0.15, -0.1) is 0 Å². The van der Waals surface area contributed by atoms with Crippen molar-refractivity contribution in [1.29, 1.82) is 0 Å².